The van der Waals surface area contributed by atoms with E-state index < -0.39 is 84.4 Å². The largest absolute Gasteiger partial charge is 0.461 e. The summed E-state index contributed by atoms with van der Waals surface area (Å²) in [5.41, 5.74) is 1.18. The van der Waals surface area contributed by atoms with Gasteiger partial charge in [0.2, 0.25) is 29.5 Å². The van der Waals surface area contributed by atoms with Crippen LogP contribution in [0.3, 0.4) is 0 Å². The van der Waals surface area contributed by atoms with Crippen LogP contribution in [-0.2, 0) is 39.9 Å². The van der Waals surface area contributed by atoms with Crippen LogP contribution < -0.4 is 21.3 Å². The van der Waals surface area contributed by atoms with Crippen LogP contribution in [0.15, 0.2) is 54.9 Å². The topological polar surface area (TPSA) is 199 Å². The van der Waals surface area contributed by atoms with Crippen molar-refractivity contribution in [1.82, 2.24) is 35.6 Å². The number of amides is 7. The van der Waals surface area contributed by atoms with Gasteiger partial charge in [0.15, 0.2) is 0 Å². The lowest BCUT2D eigenvalue weighted by atomic mass is 9.99. The van der Waals surface area contributed by atoms with Crippen LogP contribution in [0.5, 0.6) is 0 Å². The molecule has 4 N–H and O–H groups in total. The van der Waals surface area contributed by atoms with Gasteiger partial charge >= 0.3 is 12.0 Å². The number of nitrogens with zero attached hydrogens (tertiary/aromatic N) is 4. The molecule has 1 unspecified atom stereocenters. The van der Waals surface area contributed by atoms with Crippen molar-refractivity contribution in [3.63, 3.8) is 0 Å². The lowest BCUT2D eigenvalue weighted by molar-refractivity contribution is -0.158. The molecular formula is C38H48N8O8. The van der Waals surface area contributed by atoms with Crippen LogP contribution in [0.25, 0.3) is 0 Å². The van der Waals surface area contributed by atoms with E-state index in [-0.39, 0.29) is 25.4 Å². The number of carbonyl (C=O) groups is 7. The third-order valence-corrected chi connectivity index (χ3v) is 10.6. The van der Waals surface area contributed by atoms with Crippen LogP contribution in [-0.4, -0.2) is 124 Å². The van der Waals surface area contributed by atoms with E-state index in [4.69, 9.17) is 4.74 Å². The summed E-state index contributed by atoms with van der Waals surface area (Å²) in [6, 6.07) is 5.22. The maximum Gasteiger partial charge on any atom is 0.328 e. The molecule has 6 rings (SSSR count). The van der Waals surface area contributed by atoms with Gasteiger partial charge < -0.3 is 40.7 Å². The van der Waals surface area contributed by atoms with Crippen LogP contribution in [0.4, 0.5) is 10.5 Å². The molecule has 0 saturated carbocycles. The molecule has 4 aliphatic rings. The number of benzene rings is 1. The molecule has 1 aromatic carbocycles. The fourth-order valence-electron chi connectivity index (χ4n) is 7.81. The summed E-state index contributed by atoms with van der Waals surface area (Å²) in [6.07, 6.45) is 6.02. The molecule has 0 radical (unpaired) electrons. The Morgan fingerprint density at radius 1 is 0.852 bits per heavy atom. The summed E-state index contributed by atoms with van der Waals surface area (Å²) in [5, 5.41) is 10.9. The zero-order valence-corrected chi connectivity index (χ0v) is 30.6. The van der Waals surface area contributed by atoms with Gasteiger partial charge in [0, 0.05) is 44.1 Å². The molecule has 16 nitrogen and oxygen atoms in total. The Hall–Kier alpha value is -5.54. The van der Waals surface area contributed by atoms with Gasteiger partial charge in [0.1, 0.15) is 42.9 Å². The van der Waals surface area contributed by atoms with Crippen molar-refractivity contribution in [3.8, 4) is 0 Å². The van der Waals surface area contributed by atoms with Gasteiger partial charge in [0.05, 0.1) is 0 Å². The van der Waals surface area contributed by atoms with Crippen LogP contribution in [0, 0.1) is 5.92 Å². The Labute approximate surface area is 313 Å². The first-order chi connectivity index (χ1) is 26.0. The number of aromatic nitrogens is 1. The molecular weight excluding hydrogens is 696 g/mol. The number of rotatable bonds is 6. The van der Waals surface area contributed by atoms with Crippen molar-refractivity contribution in [3.05, 3.63) is 60.4 Å². The highest BCUT2D eigenvalue weighted by molar-refractivity contribution is 5.98. The molecule has 2 aromatic rings. The van der Waals surface area contributed by atoms with E-state index in [2.05, 4.69) is 26.3 Å². The van der Waals surface area contributed by atoms with Gasteiger partial charge in [-0.25, -0.2) is 9.59 Å². The Kier molecular flexibility index (Phi) is 12.1. The second-order valence-electron chi connectivity index (χ2n) is 14.6. The molecule has 4 saturated heterocycles. The van der Waals surface area contributed by atoms with Gasteiger partial charge in [-0.15, -0.1) is 0 Å². The Morgan fingerprint density at radius 2 is 1.56 bits per heavy atom. The number of carbonyl (C=O) groups excluding carboxylic acids is 7. The highest BCUT2D eigenvalue weighted by atomic mass is 16.5. The number of cyclic esters (lactones) is 1. The first-order valence-electron chi connectivity index (χ1n) is 18.7. The lowest BCUT2D eigenvalue weighted by Crippen LogP contribution is -2.62. The van der Waals surface area contributed by atoms with Crippen molar-refractivity contribution < 1.29 is 38.3 Å². The Balaban J connectivity index is 1.30. The van der Waals surface area contributed by atoms with Crippen LogP contribution >= 0.6 is 0 Å². The van der Waals surface area contributed by atoms with Crippen molar-refractivity contribution in [2.24, 2.45) is 5.92 Å². The smallest absolute Gasteiger partial charge is 0.328 e. The minimum atomic E-state index is -1.44. The standard InChI is InChI=1S/C38H48N8O8/c1-23-19-31-37(52)54-22-28(42-32(47)27(20-25-9-4-3-5-10-25)43-38(53)41-26-13-15-39-16-14-26)35(50)45-18-8-12-30(45)36(51)44-17-7-6-11-29(44)33(48)40-24(2)34(49)46(31)21-23/h3-5,9-10,13-16,23-24,27-31H,6-8,11-12,17-22H2,1-2H3,(H,40,48)(H,42,47)(H2,39,41,43,53)/t23-,24+,27+,28?,29+,30+,31+/m1/s1. The maximum absolute atomic E-state index is 14.5. The van der Waals surface area contributed by atoms with Crippen molar-refractivity contribution in [2.75, 3.05) is 31.6 Å². The van der Waals surface area contributed by atoms with Gasteiger partial charge in [-0.1, -0.05) is 37.3 Å². The number of fused-ring (bicyclic) bond motifs is 3. The summed E-state index contributed by atoms with van der Waals surface area (Å²) in [4.78, 5) is 105. The van der Waals surface area contributed by atoms with Crippen LogP contribution in [0.1, 0.15) is 57.9 Å². The van der Waals surface area contributed by atoms with E-state index in [0.717, 1.165) is 5.56 Å². The first-order valence-corrected chi connectivity index (χ1v) is 18.7. The number of pyridine rings is 1. The Morgan fingerprint density at radius 3 is 2.31 bits per heavy atom. The molecule has 16 heteroatoms. The maximum atomic E-state index is 14.5. The first kappa shape index (κ1) is 38.2. The van der Waals surface area contributed by atoms with Gasteiger partial charge in [-0.2, -0.15) is 0 Å². The number of ether oxygens (including phenoxy) is 1. The van der Waals surface area contributed by atoms with Gasteiger partial charge in [-0.3, -0.25) is 29.0 Å². The number of esters is 1. The second kappa shape index (κ2) is 17.1. The minimum absolute atomic E-state index is 0.0476. The summed E-state index contributed by atoms with van der Waals surface area (Å²) in [7, 11) is 0. The highest BCUT2D eigenvalue weighted by Gasteiger charge is 2.46. The lowest BCUT2D eigenvalue weighted by Gasteiger charge is -2.39. The average molecular weight is 745 g/mol. The fraction of sp³-hybridized carbons (Fsp3) is 0.526. The SMILES string of the molecule is C[C@@H]1C[C@H]2C(=O)OCC(NC(=O)[C@H](Cc3ccccc3)NC(=O)Nc3ccncc3)C(=O)N3CCC[C@H]3C(=O)N3CCCC[C@H]3C(=O)N[C@@H](C)C(=O)N2C1. The molecule has 54 heavy (non-hydrogen) atoms. The molecule has 4 aliphatic heterocycles. The summed E-state index contributed by atoms with van der Waals surface area (Å²) >= 11 is 0. The van der Waals surface area contributed by atoms with E-state index in [1.807, 2.05) is 13.0 Å². The van der Waals surface area contributed by atoms with E-state index >= 15 is 0 Å². The molecule has 4 fully saturated rings. The number of urea groups is 1. The predicted molar refractivity (Wildman–Crippen MR) is 194 cm³/mol. The van der Waals surface area contributed by atoms with Gasteiger partial charge in [-0.05, 0) is 69.1 Å². The number of piperidine rings is 1. The Bertz CT molecular complexity index is 1730. The zero-order chi connectivity index (χ0) is 38.4. The number of hydrogen-bond acceptors (Lipinski definition) is 9. The molecule has 1 aromatic heterocycles. The average Bonchev–Trinajstić information content (AvgIpc) is 3.83. The summed E-state index contributed by atoms with van der Waals surface area (Å²) in [5.74, 6) is -3.48. The van der Waals surface area contributed by atoms with E-state index in [1.54, 1.807) is 43.3 Å². The van der Waals surface area contributed by atoms with Crippen molar-refractivity contribution >= 4 is 47.2 Å². The zero-order valence-electron chi connectivity index (χ0n) is 30.6. The molecule has 5 heterocycles. The van der Waals surface area contributed by atoms with E-state index in [1.165, 1.54) is 27.1 Å². The van der Waals surface area contributed by atoms with Crippen LogP contribution in [0.2, 0.25) is 0 Å². The molecule has 7 atom stereocenters. The van der Waals surface area contributed by atoms with Crippen molar-refractivity contribution in [1.29, 1.82) is 0 Å². The second-order valence-corrected chi connectivity index (χ2v) is 14.6. The fourth-order valence-corrected chi connectivity index (χ4v) is 7.81. The number of anilines is 1. The normalized spacial score (nSPS) is 27.2. The highest BCUT2D eigenvalue weighted by Crippen LogP contribution is 2.28. The summed E-state index contributed by atoms with van der Waals surface area (Å²) in [6.45, 7) is 3.66. The third-order valence-electron chi connectivity index (χ3n) is 10.6. The minimum Gasteiger partial charge on any atom is -0.461 e. The van der Waals surface area contributed by atoms with Gasteiger partial charge in [0.25, 0.3) is 0 Å². The quantitative estimate of drug-likeness (QED) is 0.312. The monoisotopic (exact) mass is 744 g/mol. The molecule has 288 valence electrons. The number of hydrogen-bond donors (Lipinski definition) is 4. The molecule has 0 spiro atoms. The molecule has 7 amide bonds. The molecule has 0 aliphatic carbocycles. The predicted octanol–water partition coefficient (Wildman–Crippen LogP) is 0.970. The number of nitrogens with one attached hydrogen (secondary N) is 4. The third kappa shape index (κ3) is 8.80. The van der Waals surface area contributed by atoms with Crippen molar-refractivity contribution in [2.45, 2.75) is 95.0 Å². The van der Waals surface area contributed by atoms with E-state index in [0.29, 0.717) is 50.8 Å². The summed E-state index contributed by atoms with van der Waals surface area (Å²) < 4.78 is 5.73. The van der Waals surface area contributed by atoms with E-state index in [9.17, 15) is 33.6 Å². The molecule has 0 bridgehead atoms.